The molecule has 89 heavy (non-hydrogen) atoms. The highest BCUT2D eigenvalue weighted by Crippen LogP contribution is 2.87. The largest absolute Gasteiger partial charge is 0.467 e. The summed E-state index contributed by atoms with van der Waals surface area (Å²) >= 11 is 0. The number of ether oxygens (including phenoxy) is 2. The van der Waals surface area contributed by atoms with E-state index < -0.39 is 34.9 Å². The lowest BCUT2D eigenvalue weighted by atomic mass is 9.46. The van der Waals surface area contributed by atoms with E-state index in [-0.39, 0.29) is 12.3 Å². The number of unbranched alkanes of at least 4 members (excludes halogenated alkanes) is 5. The predicted molar refractivity (Wildman–Crippen MR) is 360 cm³/mol. The van der Waals surface area contributed by atoms with Crippen LogP contribution in [0.25, 0.3) is 291 Å². The Bertz CT molecular complexity index is 7320. The van der Waals surface area contributed by atoms with E-state index in [0.29, 0.717) is 18.7 Å². The fourth-order valence-corrected chi connectivity index (χ4v) is 28.7. The fraction of sp³-hybridized carbons (Fsp3) is 0.235. The maximum absolute atomic E-state index is 16.8. The van der Waals surface area contributed by atoms with Crippen LogP contribution in [0.1, 0.15) is 92.9 Å². The first-order valence-corrected chi connectivity index (χ1v) is 33.5. The van der Waals surface area contributed by atoms with Crippen molar-refractivity contribution in [3.63, 3.8) is 0 Å². The summed E-state index contributed by atoms with van der Waals surface area (Å²) < 4.78 is 12.9. The van der Waals surface area contributed by atoms with Crippen molar-refractivity contribution in [3.8, 4) is 0 Å². The second-order valence-electron chi connectivity index (χ2n) is 31.1. The Morgan fingerprint density at radius 1 is 0.281 bits per heavy atom. The van der Waals surface area contributed by atoms with E-state index in [4.69, 9.17) is 9.47 Å². The molecule has 8 nitrogen and oxygen atoms in total. The van der Waals surface area contributed by atoms with Gasteiger partial charge in [0.05, 0.1) is 25.0 Å². The number of nitrogens with zero attached hydrogens (tertiary/aromatic N) is 2. The quantitative estimate of drug-likeness (QED) is 0.0728. The topological polar surface area (TPSA) is 93.2 Å². The number of benzene rings is 18. The van der Waals surface area contributed by atoms with Crippen LogP contribution in [-0.2, 0) is 39.5 Å². The minimum absolute atomic E-state index is 0.167. The number of piperidine rings is 1. The maximum atomic E-state index is 16.8. The maximum Gasteiger partial charge on any atom is 0.329 e. The minimum atomic E-state index is -1.27. The lowest BCUT2D eigenvalue weighted by molar-refractivity contribution is -0.159. The van der Waals surface area contributed by atoms with E-state index in [1.807, 2.05) is 4.90 Å². The third-order valence-electron chi connectivity index (χ3n) is 29.7. The van der Waals surface area contributed by atoms with Crippen molar-refractivity contribution in [2.45, 2.75) is 93.5 Å². The van der Waals surface area contributed by atoms with Gasteiger partial charge >= 0.3 is 11.9 Å². The summed E-state index contributed by atoms with van der Waals surface area (Å²) in [5.74, 6) is -0.764. The second-order valence-corrected chi connectivity index (χ2v) is 31.1. The molecular weight excluding hydrogens is 1100 g/mol. The minimum Gasteiger partial charge on any atom is -0.467 e. The number of likely N-dealkylation sites (tertiary alicyclic amines) is 2. The zero-order valence-electron chi connectivity index (χ0n) is 47.7. The van der Waals surface area contributed by atoms with Crippen molar-refractivity contribution in [1.82, 2.24) is 9.80 Å². The van der Waals surface area contributed by atoms with Crippen LogP contribution in [0.2, 0.25) is 0 Å². The number of hydrogen-bond acceptors (Lipinski definition) is 6. The zero-order valence-corrected chi connectivity index (χ0v) is 47.7. The van der Waals surface area contributed by atoms with Gasteiger partial charge in [0.25, 0.3) is 0 Å². The van der Waals surface area contributed by atoms with Crippen molar-refractivity contribution in [2.75, 3.05) is 27.3 Å². The van der Waals surface area contributed by atoms with E-state index in [1.165, 1.54) is 323 Å². The van der Waals surface area contributed by atoms with Crippen molar-refractivity contribution in [1.29, 1.82) is 0 Å². The Kier molecular flexibility index (Phi) is 4.46. The smallest absolute Gasteiger partial charge is 0.329 e. The Hall–Kier alpha value is -9.66. The van der Waals surface area contributed by atoms with Crippen LogP contribution in [0.5, 0.6) is 0 Å². The Labute approximate surface area is 493 Å². The zero-order chi connectivity index (χ0) is 55.7. The molecule has 2 heterocycles. The van der Waals surface area contributed by atoms with Crippen molar-refractivity contribution < 1.29 is 28.7 Å². The normalized spacial score (nSPS) is 22.9. The second kappa shape index (κ2) is 10.1. The molecule has 0 bridgehead atoms. The van der Waals surface area contributed by atoms with Crippen molar-refractivity contribution >= 4 is 315 Å². The molecule has 8 heteroatoms. The number of carbonyl (C=O) groups excluding carboxylic acids is 4. The van der Waals surface area contributed by atoms with E-state index in [2.05, 4.69) is 4.90 Å². The third kappa shape index (κ3) is 2.56. The van der Waals surface area contributed by atoms with Crippen molar-refractivity contribution in [2.24, 2.45) is 0 Å². The molecule has 2 atom stereocenters. The number of methoxy groups -OCH3 is 2. The van der Waals surface area contributed by atoms with E-state index in [0.717, 1.165) is 58.0 Å². The Balaban J connectivity index is 0.818. The lowest BCUT2D eigenvalue weighted by Gasteiger charge is -2.51. The van der Waals surface area contributed by atoms with Crippen LogP contribution >= 0.6 is 0 Å². The first-order chi connectivity index (χ1) is 44.0. The van der Waals surface area contributed by atoms with Gasteiger partial charge in [-0.15, -0.1) is 0 Å². The molecule has 28 aromatic rings. The molecule has 4 aliphatic carbocycles. The van der Waals surface area contributed by atoms with E-state index in [1.54, 1.807) is 10.8 Å². The van der Waals surface area contributed by atoms with Crippen LogP contribution in [0.15, 0.2) is 0 Å². The number of rotatable bonds is 11. The molecule has 2 amide bonds. The molecule has 28 aromatic carbocycles. The molecule has 0 radical (unpaired) electrons. The summed E-state index contributed by atoms with van der Waals surface area (Å²) in [6.07, 6.45) is 9.48. The van der Waals surface area contributed by atoms with Gasteiger partial charge in [-0.2, -0.15) is 0 Å². The molecule has 404 valence electrons. The molecule has 6 aliphatic rings. The number of esters is 2. The average Bonchev–Trinajstić information content (AvgIpc) is 1.38. The summed E-state index contributed by atoms with van der Waals surface area (Å²) in [5, 5.41) is 77.4. The fourth-order valence-electron chi connectivity index (χ4n) is 28.7. The van der Waals surface area contributed by atoms with Gasteiger partial charge in [0.15, 0.2) is 0 Å². The Morgan fingerprint density at radius 2 is 0.472 bits per heavy atom. The van der Waals surface area contributed by atoms with Gasteiger partial charge in [-0.25, -0.2) is 9.59 Å². The summed E-state index contributed by atoms with van der Waals surface area (Å²) in [6, 6.07) is -2.37. The molecule has 0 saturated carbocycles. The number of amides is 2. The van der Waals surface area contributed by atoms with Gasteiger partial charge in [0.2, 0.25) is 11.8 Å². The molecular formula is C81H34N2O6. The molecule has 0 aromatic heterocycles. The first kappa shape index (κ1) is 39.3. The van der Waals surface area contributed by atoms with E-state index in [9.17, 15) is 4.79 Å². The lowest BCUT2D eigenvalue weighted by Crippen LogP contribution is -2.59. The predicted octanol–water partition coefficient (Wildman–Crippen LogP) is 18.4. The van der Waals surface area contributed by atoms with E-state index >= 15 is 14.4 Å². The van der Waals surface area contributed by atoms with Gasteiger partial charge in [0.1, 0.15) is 12.1 Å². The highest BCUT2D eigenvalue weighted by atomic mass is 16.5. The van der Waals surface area contributed by atoms with Crippen LogP contribution in [0, 0.1) is 0 Å². The number of hydrogen-bond donors (Lipinski definition) is 0. The molecule has 2 unspecified atom stereocenters. The highest BCUT2D eigenvalue weighted by Gasteiger charge is 2.83. The first-order valence-electron chi connectivity index (χ1n) is 33.5. The SMILES string of the molecule is COC(=O)C1N(C(=O)CCCCCCCCC(=O)N2CCCCC2)C(C(=O)OC)C23c4c5c6c7c8c9c(c%10c%11c2c2c4c4c%12c5c5c6c6c8c8c%13c9c9c%10c%10c%11c%11c2c2c4c4c%12c%12c5c5c6c8c6c8c%13c9c9c%10c%10c%11c2c2c4c4c%12c5c6c5c8c9c%10c2c45)C713. The monoisotopic (exact) mass is 1130 g/mol. The van der Waals surface area contributed by atoms with Gasteiger partial charge in [0, 0.05) is 25.9 Å². The van der Waals surface area contributed by atoms with Crippen LogP contribution in [-0.4, -0.2) is 72.9 Å². The average molecular weight is 1130 g/mol. The number of carbonyl (C=O) groups is 4. The third-order valence-corrected chi connectivity index (χ3v) is 29.7. The van der Waals surface area contributed by atoms with Crippen LogP contribution in [0.3, 0.4) is 0 Å². The molecule has 2 aliphatic heterocycles. The molecule has 0 N–H and O–H groups in total. The van der Waals surface area contributed by atoms with Gasteiger partial charge in [-0.05, 0) is 345 Å². The standard InChI is InChI=1S/C81H34N2O6/c1-88-78(86)76-80-72-64-56-46-36-28-20-18-19-22-26-24(20)32-40-34(26)44-38-30(22)31-23(19)27-25-21(18)29(28)37-43-33(25)41-35(27)45-39(31)49-48(38)58-52(44)62-54(40)60(50(56)42(32)36)68(72)70(62)74-66(58)67-59(49)53(45)63-55(41)61-51(43)57(47(37)46)65(64)73(80)69(61)71(63)75(67)81(74,80)77(79(87)89-2)83(76)17(85)13-9-6-4-3-5-8-12-16(84)82-14-10-7-11-15-82/h76-77H,3-15H2,1-2H3. The summed E-state index contributed by atoms with van der Waals surface area (Å²) in [4.78, 5) is 67.3. The van der Waals surface area contributed by atoms with Gasteiger partial charge in [-0.3, -0.25) is 9.59 Å². The summed E-state index contributed by atoms with van der Waals surface area (Å²) in [6.45, 7) is 1.78. The van der Waals surface area contributed by atoms with Crippen LogP contribution < -0.4 is 0 Å². The molecule has 2 saturated heterocycles. The highest BCUT2D eigenvalue weighted by molar-refractivity contribution is 6.82. The van der Waals surface area contributed by atoms with Gasteiger partial charge < -0.3 is 19.3 Å². The summed E-state index contributed by atoms with van der Waals surface area (Å²) in [7, 11) is 3.07. The molecule has 2 fully saturated rings. The molecule has 34 rings (SSSR count). The molecule has 2 spiro atoms. The van der Waals surface area contributed by atoms with Crippen LogP contribution in [0.4, 0.5) is 0 Å². The summed E-state index contributed by atoms with van der Waals surface area (Å²) in [5.41, 5.74) is 2.26. The Morgan fingerprint density at radius 3 is 0.685 bits per heavy atom. The van der Waals surface area contributed by atoms with Gasteiger partial charge in [-0.1, -0.05) is 25.7 Å². The van der Waals surface area contributed by atoms with Crippen molar-refractivity contribution in [3.05, 3.63) is 22.3 Å².